The van der Waals surface area contributed by atoms with E-state index in [1.165, 1.54) is 12.1 Å². The fraction of sp³-hybridized carbons (Fsp3) is 0.270. The molecule has 0 radical (unpaired) electrons. The number of allylic oxidation sites excluding steroid dienone is 9. The van der Waals surface area contributed by atoms with Crippen molar-refractivity contribution in [3.63, 3.8) is 0 Å². The van der Waals surface area contributed by atoms with E-state index in [1.807, 2.05) is 41.3 Å². The molecule has 6 rings (SSSR count). The third kappa shape index (κ3) is 6.37. The van der Waals surface area contributed by atoms with Crippen LogP contribution in [0.1, 0.15) is 29.9 Å². The van der Waals surface area contributed by atoms with Crippen molar-refractivity contribution in [2.45, 2.75) is 37.5 Å². The molecule has 2 fully saturated rings. The number of benzene rings is 2. The maximum absolute atomic E-state index is 14.5. The number of carbonyl (C=O) groups excluding carboxylic acids is 3. The highest BCUT2D eigenvalue weighted by Gasteiger charge is 2.51. The van der Waals surface area contributed by atoms with E-state index in [4.69, 9.17) is 0 Å². The Morgan fingerprint density at radius 3 is 2.61 bits per heavy atom. The van der Waals surface area contributed by atoms with Gasteiger partial charge in [-0.25, -0.2) is 19.2 Å². The molecule has 0 saturated carbocycles. The Hall–Kier alpha value is -5.02. The van der Waals surface area contributed by atoms with Gasteiger partial charge in [0.15, 0.2) is 0 Å². The molecule has 236 valence electrons. The smallest absolute Gasteiger partial charge is 0.334 e. The topological polar surface area (TPSA) is 76.2 Å². The highest BCUT2D eigenvalue weighted by molar-refractivity contribution is 5.92. The van der Waals surface area contributed by atoms with Crippen LogP contribution in [-0.4, -0.2) is 76.6 Å². The zero-order valence-corrected chi connectivity index (χ0v) is 25.9. The number of rotatable bonds is 5. The summed E-state index contributed by atoms with van der Waals surface area (Å²) in [5.41, 5.74) is 4.94. The van der Waals surface area contributed by atoms with E-state index in [9.17, 15) is 18.8 Å². The van der Waals surface area contributed by atoms with Crippen molar-refractivity contribution in [1.29, 1.82) is 0 Å². The first kappa shape index (κ1) is 31.0. The molecule has 9 heteroatoms. The number of nitrogens with one attached hydrogen (secondary N) is 1. The van der Waals surface area contributed by atoms with Crippen molar-refractivity contribution in [1.82, 2.24) is 25.1 Å². The molecule has 1 unspecified atom stereocenters. The number of hydrogen-bond acceptors (Lipinski definition) is 4. The Labute approximate surface area is 269 Å². The molecule has 3 aliphatic heterocycles. The molecule has 1 aliphatic carbocycles. The van der Waals surface area contributed by atoms with Crippen molar-refractivity contribution in [2.24, 2.45) is 0 Å². The van der Waals surface area contributed by atoms with Crippen molar-refractivity contribution in [3.8, 4) is 0 Å². The number of amides is 4. The standard InChI is InChI=1S/C37H38FN5O3/c1-3-4-6-12-30-21-33-36(45)41(23-32(28-10-7-5-8-11-28)29-14-9-13-27(30)17-18-29)24-34-42(33)35(44)25-40(2)43(34)37(46)39-22-26-15-19-31(38)20-16-26/h3-16,18-20,32-34H,1,17,21-25H2,2H3,(H,39,46)/b6-4-,30-12-/t32?,33-,34-/m0/s1. The number of nitrogens with zero attached hydrogens (tertiary/aromatic N) is 4. The van der Waals surface area contributed by atoms with Gasteiger partial charge in [0.25, 0.3) is 0 Å². The minimum atomic E-state index is -0.805. The van der Waals surface area contributed by atoms with Crippen molar-refractivity contribution >= 4 is 17.8 Å². The summed E-state index contributed by atoms with van der Waals surface area (Å²) in [6, 6.07) is 14.9. The van der Waals surface area contributed by atoms with Crippen molar-refractivity contribution < 1.29 is 18.8 Å². The van der Waals surface area contributed by atoms with Gasteiger partial charge in [-0.3, -0.25) is 9.59 Å². The third-order valence-corrected chi connectivity index (χ3v) is 9.03. The molecule has 46 heavy (non-hydrogen) atoms. The Balaban J connectivity index is 1.40. The number of carbonyl (C=O) groups is 3. The highest BCUT2D eigenvalue weighted by Crippen LogP contribution is 2.37. The van der Waals surface area contributed by atoms with Crippen molar-refractivity contribution in [3.05, 3.63) is 143 Å². The molecule has 0 spiro atoms. The predicted octanol–water partition coefficient (Wildman–Crippen LogP) is 5.23. The number of halogens is 1. The molecule has 4 amide bonds. The first-order valence-corrected chi connectivity index (χ1v) is 15.6. The predicted molar refractivity (Wildman–Crippen MR) is 175 cm³/mol. The molecule has 2 aromatic rings. The number of urea groups is 1. The average molecular weight is 620 g/mol. The van der Waals surface area contributed by atoms with Gasteiger partial charge in [0.2, 0.25) is 11.8 Å². The Morgan fingerprint density at radius 2 is 1.85 bits per heavy atom. The van der Waals surface area contributed by atoms with E-state index in [-0.39, 0.29) is 43.2 Å². The molecular weight excluding hydrogens is 581 g/mol. The number of fused-ring (bicyclic) bond motifs is 6. The van der Waals surface area contributed by atoms with Crippen LogP contribution in [0.4, 0.5) is 9.18 Å². The second-order valence-electron chi connectivity index (χ2n) is 11.9. The first-order chi connectivity index (χ1) is 22.3. The van der Waals surface area contributed by atoms with E-state index in [2.05, 4.69) is 48.3 Å². The van der Waals surface area contributed by atoms with Crippen LogP contribution in [0.5, 0.6) is 0 Å². The Kier molecular flexibility index (Phi) is 9.12. The minimum Gasteiger partial charge on any atom is -0.336 e. The molecule has 4 bridgehead atoms. The van der Waals surface area contributed by atoms with Gasteiger partial charge in [-0.2, -0.15) is 0 Å². The largest absolute Gasteiger partial charge is 0.336 e. The molecule has 0 aromatic heterocycles. The van der Waals surface area contributed by atoms with E-state index in [1.54, 1.807) is 40.2 Å². The van der Waals surface area contributed by atoms with Gasteiger partial charge in [-0.1, -0.05) is 97.7 Å². The van der Waals surface area contributed by atoms with Crippen LogP contribution >= 0.6 is 0 Å². The summed E-state index contributed by atoms with van der Waals surface area (Å²) in [6.07, 6.45) is 16.2. The van der Waals surface area contributed by atoms with Gasteiger partial charge in [-0.05, 0) is 46.4 Å². The zero-order valence-electron chi connectivity index (χ0n) is 25.9. The summed E-state index contributed by atoms with van der Waals surface area (Å²) in [6.45, 7) is 4.47. The summed E-state index contributed by atoms with van der Waals surface area (Å²) >= 11 is 0. The fourth-order valence-corrected chi connectivity index (χ4v) is 6.74. The molecular formula is C37H38FN5O3. The molecule has 3 atom stereocenters. The Bertz CT molecular complexity index is 1660. The second kappa shape index (κ2) is 13.5. The number of hydrogen-bond donors (Lipinski definition) is 1. The van der Waals surface area contributed by atoms with Gasteiger partial charge in [0.1, 0.15) is 18.0 Å². The van der Waals surface area contributed by atoms with Crippen LogP contribution in [0, 0.1) is 5.82 Å². The lowest BCUT2D eigenvalue weighted by molar-refractivity contribution is -0.187. The molecule has 2 saturated heterocycles. The van der Waals surface area contributed by atoms with Crippen LogP contribution in [0.15, 0.2) is 127 Å². The summed E-state index contributed by atoms with van der Waals surface area (Å²) in [4.78, 5) is 45.5. The van der Waals surface area contributed by atoms with Crippen LogP contribution in [0.3, 0.4) is 0 Å². The number of hydrazine groups is 1. The second-order valence-corrected chi connectivity index (χ2v) is 11.9. The van der Waals surface area contributed by atoms with E-state index in [0.29, 0.717) is 19.4 Å². The summed E-state index contributed by atoms with van der Waals surface area (Å²) in [5, 5.41) is 6.11. The van der Waals surface area contributed by atoms with Crippen LogP contribution < -0.4 is 5.32 Å². The van der Waals surface area contributed by atoms with Crippen molar-refractivity contribution in [2.75, 3.05) is 26.7 Å². The lowest BCUT2D eigenvalue weighted by atomic mass is 9.89. The molecule has 4 aliphatic rings. The van der Waals surface area contributed by atoms with E-state index < -0.39 is 18.2 Å². The summed E-state index contributed by atoms with van der Waals surface area (Å²) < 4.78 is 13.5. The van der Waals surface area contributed by atoms with E-state index >= 15 is 0 Å². The summed E-state index contributed by atoms with van der Waals surface area (Å²) in [7, 11) is 1.71. The van der Waals surface area contributed by atoms with Gasteiger partial charge in [-0.15, -0.1) is 0 Å². The first-order valence-electron chi connectivity index (χ1n) is 15.6. The average Bonchev–Trinajstić information content (AvgIpc) is 3.31. The van der Waals surface area contributed by atoms with Gasteiger partial charge < -0.3 is 15.1 Å². The monoisotopic (exact) mass is 619 g/mol. The van der Waals surface area contributed by atoms with Crippen LogP contribution in [0.25, 0.3) is 0 Å². The minimum absolute atomic E-state index is 0.0521. The maximum atomic E-state index is 14.5. The van der Waals surface area contributed by atoms with Gasteiger partial charge in [0.05, 0.1) is 13.1 Å². The normalized spacial score (nSPS) is 24.3. The highest BCUT2D eigenvalue weighted by atomic mass is 19.1. The fourth-order valence-electron chi connectivity index (χ4n) is 6.74. The van der Waals surface area contributed by atoms with E-state index in [0.717, 1.165) is 27.8 Å². The van der Waals surface area contributed by atoms with Gasteiger partial charge >= 0.3 is 6.03 Å². The third-order valence-electron chi connectivity index (χ3n) is 9.03. The quantitative estimate of drug-likeness (QED) is 0.465. The Morgan fingerprint density at radius 1 is 1.07 bits per heavy atom. The maximum Gasteiger partial charge on any atom is 0.334 e. The molecule has 2 aromatic carbocycles. The number of piperazine rings is 1. The molecule has 3 heterocycles. The SMILES string of the molecule is C=C/C=C\C=C1\C[C@H]2C(=O)N(CC(c3ccccc3)C3=CCC1=CC=C3)C[C@H]1N2C(=O)CN(C)N1C(=O)NCc1ccc(F)cc1. The van der Waals surface area contributed by atoms with Gasteiger partial charge in [0, 0.05) is 32.5 Å². The van der Waals surface area contributed by atoms with Crippen LogP contribution in [0.2, 0.25) is 0 Å². The number of likely N-dealkylation sites (N-methyl/N-ethyl adjacent to an activating group) is 1. The molecule has 1 N–H and O–H groups in total. The van der Waals surface area contributed by atoms with Crippen LogP contribution in [-0.2, 0) is 16.1 Å². The lowest BCUT2D eigenvalue weighted by Crippen LogP contribution is -2.76. The zero-order chi connectivity index (χ0) is 32.2. The summed E-state index contributed by atoms with van der Waals surface area (Å²) in [5.74, 6) is -0.800. The lowest BCUT2D eigenvalue weighted by Gasteiger charge is -2.55. The molecule has 8 nitrogen and oxygen atoms in total.